The zero-order valence-corrected chi connectivity index (χ0v) is 19.0. The SMILES string of the molecule is O=C(OCc1ccccc1)c1ccc(Nc2ncc(C(F)(F)F)c(N[C@@H]3CCC[C@@H]3C(=O)O)n2)cc1. The van der Waals surface area contributed by atoms with Gasteiger partial charge in [-0.2, -0.15) is 18.2 Å². The Morgan fingerprint density at radius 1 is 1.06 bits per heavy atom. The summed E-state index contributed by atoms with van der Waals surface area (Å²) in [4.78, 5) is 31.5. The summed E-state index contributed by atoms with van der Waals surface area (Å²) in [6.07, 6.45) is -2.68. The highest BCUT2D eigenvalue weighted by atomic mass is 19.4. The number of hydrogen-bond acceptors (Lipinski definition) is 7. The normalized spacial score (nSPS) is 17.4. The lowest BCUT2D eigenvalue weighted by molar-refractivity contribution is -0.141. The summed E-state index contributed by atoms with van der Waals surface area (Å²) in [6, 6.07) is 14.6. The molecule has 0 spiro atoms. The molecule has 1 saturated carbocycles. The number of nitrogens with one attached hydrogen (secondary N) is 2. The van der Waals surface area contributed by atoms with E-state index in [1.165, 1.54) is 12.1 Å². The number of benzene rings is 2. The van der Waals surface area contributed by atoms with Gasteiger partial charge in [-0.3, -0.25) is 4.79 Å². The van der Waals surface area contributed by atoms with E-state index in [4.69, 9.17) is 4.74 Å². The minimum atomic E-state index is -4.72. The van der Waals surface area contributed by atoms with Gasteiger partial charge < -0.3 is 20.5 Å². The Morgan fingerprint density at radius 2 is 1.78 bits per heavy atom. The van der Waals surface area contributed by atoms with Gasteiger partial charge in [0, 0.05) is 17.9 Å². The van der Waals surface area contributed by atoms with E-state index >= 15 is 0 Å². The van der Waals surface area contributed by atoms with E-state index in [1.807, 2.05) is 30.3 Å². The van der Waals surface area contributed by atoms with Gasteiger partial charge >= 0.3 is 18.1 Å². The highest BCUT2D eigenvalue weighted by molar-refractivity contribution is 5.89. The van der Waals surface area contributed by atoms with Crippen LogP contribution >= 0.6 is 0 Å². The monoisotopic (exact) mass is 500 g/mol. The molecule has 0 radical (unpaired) electrons. The van der Waals surface area contributed by atoms with Gasteiger partial charge in [0.05, 0.1) is 11.5 Å². The van der Waals surface area contributed by atoms with E-state index in [1.54, 1.807) is 12.1 Å². The molecular formula is C25H23F3N4O4. The molecule has 0 bridgehead atoms. The second kappa shape index (κ2) is 10.6. The van der Waals surface area contributed by atoms with Crippen LogP contribution < -0.4 is 10.6 Å². The lowest BCUT2D eigenvalue weighted by Crippen LogP contribution is -2.31. The molecular weight excluding hydrogens is 477 g/mol. The molecule has 1 aliphatic rings. The summed E-state index contributed by atoms with van der Waals surface area (Å²) >= 11 is 0. The molecule has 0 aliphatic heterocycles. The molecule has 3 N–H and O–H groups in total. The van der Waals surface area contributed by atoms with Crippen molar-refractivity contribution in [3.05, 3.63) is 77.5 Å². The Bertz CT molecular complexity index is 1220. The summed E-state index contributed by atoms with van der Waals surface area (Å²) in [5.74, 6) is -2.98. The average molecular weight is 500 g/mol. The van der Waals surface area contributed by atoms with Crippen LogP contribution in [0.4, 0.5) is 30.6 Å². The fourth-order valence-corrected chi connectivity index (χ4v) is 3.99. The number of alkyl halides is 3. The number of aliphatic carboxylic acids is 1. The molecule has 2 aromatic carbocycles. The van der Waals surface area contributed by atoms with Crippen molar-refractivity contribution in [2.45, 2.75) is 38.1 Å². The molecule has 0 unspecified atom stereocenters. The molecule has 188 valence electrons. The Labute approximate surface area is 204 Å². The standard InChI is InChI=1S/C25H23F3N4O4/c26-25(27,28)19-13-29-24(32-21(19)31-20-8-4-7-18(20)22(33)34)30-17-11-9-16(10-12-17)23(35)36-14-15-5-2-1-3-6-15/h1-3,5-6,9-13,18,20H,4,7-8,14H2,(H,33,34)(H2,29,30,31,32)/t18-,20+/m0/s1. The number of carbonyl (C=O) groups excluding carboxylic acids is 1. The van der Waals surface area contributed by atoms with Gasteiger partial charge in [-0.25, -0.2) is 9.78 Å². The van der Waals surface area contributed by atoms with Gasteiger partial charge in [0.2, 0.25) is 5.95 Å². The second-order valence-corrected chi connectivity index (χ2v) is 8.34. The van der Waals surface area contributed by atoms with Crippen molar-refractivity contribution in [3.63, 3.8) is 0 Å². The van der Waals surface area contributed by atoms with Crippen molar-refractivity contribution in [1.82, 2.24) is 9.97 Å². The maximum Gasteiger partial charge on any atom is 0.421 e. The van der Waals surface area contributed by atoms with E-state index < -0.39 is 41.5 Å². The van der Waals surface area contributed by atoms with Gasteiger partial charge in [0.25, 0.3) is 0 Å². The summed E-state index contributed by atoms with van der Waals surface area (Å²) < 4.78 is 45.9. The van der Waals surface area contributed by atoms with E-state index in [9.17, 15) is 27.9 Å². The lowest BCUT2D eigenvalue weighted by atomic mass is 10.0. The van der Waals surface area contributed by atoms with Crippen LogP contribution in [-0.4, -0.2) is 33.1 Å². The third-order valence-electron chi connectivity index (χ3n) is 5.84. The maximum absolute atomic E-state index is 13.5. The largest absolute Gasteiger partial charge is 0.481 e. The number of ether oxygens (including phenoxy) is 1. The van der Waals surface area contributed by atoms with Gasteiger partial charge in [0.1, 0.15) is 18.0 Å². The van der Waals surface area contributed by atoms with Crippen LogP contribution in [0.3, 0.4) is 0 Å². The number of carboxylic acid groups (broad SMARTS) is 1. The van der Waals surface area contributed by atoms with Crippen LogP contribution in [-0.2, 0) is 22.3 Å². The highest BCUT2D eigenvalue weighted by Gasteiger charge is 2.38. The summed E-state index contributed by atoms with van der Waals surface area (Å²) in [6.45, 7) is 0.124. The van der Waals surface area contributed by atoms with Crippen LogP contribution in [0.2, 0.25) is 0 Å². The van der Waals surface area contributed by atoms with Crippen molar-refractivity contribution in [2.24, 2.45) is 5.92 Å². The molecule has 2 atom stereocenters. The number of aromatic nitrogens is 2. The van der Waals surface area contributed by atoms with Gasteiger partial charge in [0.15, 0.2) is 0 Å². The highest BCUT2D eigenvalue weighted by Crippen LogP contribution is 2.36. The molecule has 3 aromatic rings. The van der Waals surface area contributed by atoms with Crippen LogP contribution in [0, 0.1) is 5.92 Å². The minimum Gasteiger partial charge on any atom is -0.481 e. The first-order valence-corrected chi connectivity index (χ1v) is 11.2. The zero-order valence-electron chi connectivity index (χ0n) is 19.0. The van der Waals surface area contributed by atoms with Crippen molar-refractivity contribution in [3.8, 4) is 0 Å². The van der Waals surface area contributed by atoms with Crippen LogP contribution in [0.1, 0.15) is 40.7 Å². The minimum absolute atomic E-state index is 0.116. The summed E-state index contributed by atoms with van der Waals surface area (Å²) in [7, 11) is 0. The summed E-state index contributed by atoms with van der Waals surface area (Å²) in [5, 5.41) is 14.8. The summed E-state index contributed by atoms with van der Waals surface area (Å²) in [5.41, 5.74) is 0.499. The molecule has 8 nitrogen and oxygen atoms in total. The van der Waals surface area contributed by atoms with Gasteiger partial charge in [-0.05, 0) is 42.7 Å². The maximum atomic E-state index is 13.5. The van der Waals surface area contributed by atoms with Gasteiger partial charge in [-0.15, -0.1) is 0 Å². The number of anilines is 3. The predicted molar refractivity (Wildman–Crippen MR) is 125 cm³/mol. The molecule has 0 saturated heterocycles. The third kappa shape index (κ3) is 6.09. The first-order valence-electron chi connectivity index (χ1n) is 11.2. The van der Waals surface area contributed by atoms with E-state index in [2.05, 4.69) is 20.6 Å². The fourth-order valence-electron chi connectivity index (χ4n) is 3.99. The lowest BCUT2D eigenvalue weighted by Gasteiger charge is -2.21. The van der Waals surface area contributed by atoms with Gasteiger partial charge in [-0.1, -0.05) is 36.8 Å². The predicted octanol–water partition coefficient (Wildman–Crippen LogP) is 5.26. The smallest absolute Gasteiger partial charge is 0.421 e. The number of nitrogens with zero attached hydrogens (tertiary/aromatic N) is 2. The molecule has 1 aromatic heterocycles. The Morgan fingerprint density at radius 3 is 2.44 bits per heavy atom. The molecule has 36 heavy (non-hydrogen) atoms. The molecule has 1 heterocycles. The quantitative estimate of drug-likeness (QED) is 0.359. The molecule has 0 amide bonds. The number of carbonyl (C=O) groups is 2. The van der Waals surface area contributed by atoms with Crippen LogP contribution in [0.15, 0.2) is 60.8 Å². The van der Waals surface area contributed by atoms with E-state index in [0.29, 0.717) is 36.7 Å². The number of hydrogen-bond donors (Lipinski definition) is 3. The zero-order chi connectivity index (χ0) is 25.7. The van der Waals surface area contributed by atoms with Crippen molar-refractivity contribution >= 4 is 29.4 Å². The average Bonchev–Trinajstić information content (AvgIpc) is 3.31. The Hall–Kier alpha value is -4.15. The number of halogens is 3. The molecule has 1 aliphatic carbocycles. The van der Waals surface area contributed by atoms with Crippen molar-refractivity contribution < 1.29 is 32.6 Å². The first-order chi connectivity index (χ1) is 17.2. The van der Waals surface area contributed by atoms with E-state index in [-0.39, 0.29) is 12.6 Å². The van der Waals surface area contributed by atoms with Crippen molar-refractivity contribution in [2.75, 3.05) is 10.6 Å². The Kier molecular flexibility index (Phi) is 7.37. The Balaban J connectivity index is 1.46. The number of esters is 1. The molecule has 4 rings (SSSR count). The molecule has 1 fully saturated rings. The molecule has 11 heteroatoms. The second-order valence-electron chi connectivity index (χ2n) is 8.34. The van der Waals surface area contributed by atoms with E-state index in [0.717, 1.165) is 5.56 Å². The van der Waals surface area contributed by atoms with Crippen LogP contribution in [0.5, 0.6) is 0 Å². The topological polar surface area (TPSA) is 113 Å². The van der Waals surface area contributed by atoms with Crippen molar-refractivity contribution in [1.29, 1.82) is 0 Å². The fraction of sp³-hybridized carbons (Fsp3) is 0.280. The number of carboxylic acids is 1. The third-order valence-corrected chi connectivity index (χ3v) is 5.84. The van der Waals surface area contributed by atoms with Crippen LogP contribution in [0.25, 0.3) is 0 Å². The first kappa shape index (κ1) is 25.0. The number of rotatable bonds is 8.